The van der Waals surface area contributed by atoms with Crippen molar-refractivity contribution in [1.29, 1.82) is 0 Å². The Morgan fingerprint density at radius 2 is 2.14 bits per heavy atom. The molecule has 21 heavy (non-hydrogen) atoms. The molecule has 1 aromatic rings. The van der Waals surface area contributed by atoms with Crippen LogP contribution in [0.1, 0.15) is 44.7 Å². The second-order valence-corrected chi connectivity index (χ2v) is 5.70. The summed E-state index contributed by atoms with van der Waals surface area (Å²) in [5, 5.41) is 6.44. The van der Waals surface area contributed by atoms with Gasteiger partial charge in [0, 0.05) is 18.3 Å². The molecular formula is C17H26N2O2. The number of nitrogens with one attached hydrogen (secondary N) is 2. The molecule has 4 heteroatoms. The summed E-state index contributed by atoms with van der Waals surface area (Å²) >= 11 is 0. The van der Waals surface area contributed by atoms with Gasteiger partial charge in [0.05, 0.1) is 12.5 Å². The molecule has 4 nitrogen and oxygen atoms in total. The van der Waals surface area contributed by atoms with Crippen molar-refractivity contribution in [1.82, 2.24) is 5.32 Å². The Morgan fingerprint density at radius 3 is 2.76 bits per heavy atom. The summed E-state index contributed by atoms with van der Waals surface area (Å²) in [6.07, 6.45) is 3.02. The van der Waals surface area contributed by atoms with Gasteiger partial charge in [-0.2, -0.15) is 0 Å². The minimum Gasteiger partial charge on any atom is -0.381 e. The van der Waals surface area contributed by atoms with E-state index >= 15 is 0 Å². The van der Waals surface area contributed by atoms with Gasteiger partial charge in [-0.3, -0.25) is 4.79 Å². The van der Waals surface area contributed by atoms with E-state index in [1.54, 1.807) is 0 Å². The summed E-state index contributed by atoms with van der Waals surface area (Å²) in [5.41, 5.74) is 2.10. The molecule has 0 saturated carbocycles. The maximum Gasteiger partial charge on any atom is 0.229 e. The van der Waals surface area contributed by atoms with Gasteiger partial charge >= 0.3 is 0 Å². The summed E-state index contributed by atoms with van der Waals surface area (Å²) in [7, 11) is 0. The Morgan fingerprint density at radius 1 is 1.38 bits per heavy atom. The Kier molecular flexibility index (Phi) is 6.21. The highest BCUT2D eigenvalue weighted by Crippen LogP contribution is 2.19. The van der Waals surface area contributed by atoms with E-state index in [2.05, 4.69) is 36.6 Å². The second kappa shape index (κ2) is 8.15. The molecule has 0 aliphatic carbocycles. The van der Waals surface area contributed by atoms with Crippen LogP contribution in [0.4, 0.5) is 5.69 Å². The van der Waals surface area contributed by atoms with Crippen molar-refractivity contribution in [3.8, 4) is 0 Å². The predicted molar refractivity (Wildman–Crippen MR) is 85.3 cm³/mol. The number of carbonyl (C=O) groups is 1. The summed E-state index contributed by atoms with van der Waals surface area (Å²) in [4.78, 5) is 12.1. The minimum atomic E-state index is -0.0106. The monoisotopic (exact) mass is 290 g/mol. The van der Waals surface area contributed by atoms with E-state index in [9.17, 15) is 4.79 Å². The Hall–Kier alpha value is -1.39. The van der Waals surface area contributed by atoms with Crippen LogP contribution >= 0.6 is 0 Å². The zero-order chi connectivity index (χ0) is 15.1. The fourth-order valence-corrected chi connectivity index (χ4v) is 2.53. The Balaban J connectivity index is 1.88. The van der Waals surface area contributed by atoms with E-state index in [4.69, 9.17) is 4.74 Å². The highest BCUT2D eigenvalue weighted by atomic mass is 16.5. The average Bonchev–Trinajstić information content (AvgIpc) is 2.54. The van der Waals surface area contributed by atoms with E-state index in [1.165, 1.54) is 5.56 Å². The van der Waals surface area contributed by atoms with Gasteiger partial charge in [0.2, 0.25) is 5.91 Å². The van der Waals surface area contributed by atoms with Gasteiger partial charge < -0.3 is 15.4 Å². The molecule has 2 atom stereocenters. The number of benzene rings is 1. The molecule has 1 amide bonds. The van der Waals surface area contributed by atoms with Crippen molar-refractivity contribution < 1.29 is 9.53 Å². The topological polar surface area (TPSA) is 50.4 Å². The van der Waals surface area contributed by atoms with E-state index < -0.39 is 0 Å². The molecule has 1 aliphatic rings. The van der Waals surface area contributed by atoms with Crippen molar-refractivity contribution in [2.45, 2.75) is 39.2 Å². The van der Waals surface area contributed by atoms with Crippen LogP contribution in [0.5, 0.6) is 0 Å². The number of anilines is 1. The fraction of sp³-hybridized carbons (Fsp3) is 0.588. The van der Waals surface area contributed by atoms with Crippen molar-refractivity contribution in [2.24, 2.45) is 5.92 Å². The smallest absolute Gasteiger partial charge is 0.229 e. The van der Waals surface area contributed by atoms with Gasteiger partial charge in [-0.25, -0.2) is 0 Å². The standard InChI is InChI=1S/C17H26N2O2/c1-3-10-18-13(2)14-6-8-16(9-7-14)19-17(20)15-5-4-11-21-12-15/h6-9,13,15,18H,3-5,10-12H2,1-2H3,(H,19,20). The van der Waals surface area contributed by atoms with Crippen LogP contribution in [-0.4, -0.2) is 25.7 Å². The molecule has 1 aromatic carbocycles. The van der Waals surface area contributed by atoms with Crippen molar-refractivity contribution >= 4 is 11.6 Å². The van der Waals surface area contributed by atoms with Crippen LogP contribution < -0.4 is 10.6 Å². The first-order valence-corrected chi connectivity index (χ1v) is 7.92. The van der Waals surface area contributed by atoms with E-state index in [-0.39, 0.29) is 11.8 Å². The van der Waals surface area contributed by atoms with Gasteiger partial charge in [0.15, 0.2) is 0 Å². The third kappa shape index (κ3) is 4.83. The normalized spacial score (nSPS) is 20.0. The molecule has 1 aliphatic heterocycles. The lowest BCUT2D eigenvalue weighted by Crippen LogP contribution is -2.30. The summed E-state index contributed by atoms with van der Waals surface area (Å²) in [6.45, 7) is 6.65. The second-order valence-electron chi connectivity index (χ2n) is 5.70. The quantitative estimate of drug-likeness (QED) is 0.846. The lowest BCUT2D eigenvalue weighted by molar-refractivity contribution is -0.123. The number of hydrogen-bond donors (Lipinski definition) is 2. The highest BCUT2D eigenvalue weighted by Gasteiger charge is 2.21. The van der Waals surface area contributed by atoms with Crippen molar-refractivity contribution in [3.05, 3.63) is 29.8 Å². The maximum absolute atomic E-state index is 12.1. The lowest BCUT2D eigenvalue weighted by atomic mass is 10.0. The summed E-state index contributed by atoms with van der Waals surface area (Å²) < 4.78 is 5.36. The van der Waals surface area contributed by atoms with Gasteiger partial charge in [0.25, 0.3) is 0 Å². The van der Waals surface area contributed by atoms with Crippen LogP contribution in [0.15, 0.2) is 24.3 Å². The molecule has 2 N–H and O–H groups in total. The first-order valence-electron chi connectivity index (χ1n) is 7.92. The van der Waals surface area contributed by atoms with E-state index in [0.717, 1.165) is 38.1 Å². The number of ether oxygens (including phenoxy) is 1. The van der Waals surface area contributed by atoms with Crippen LogP contribution in [0.3, 0.4) is 0 Å². The first-order chi connectivity index (χ1) is 10.2. The van der Waals surface area contributed by atoms with Gasteiger partial charge in [0.1, 0.15) is 0 Å². The van der Waals surface area contributed by atoms with Gasteiger partial charge in [-0.05, 0) is 50.4 Å². The van der Waals surface area contributed by atoms with E-state index in [0.29, 0.717) is 12.6 Å². The third-order valence-corrected chi connectivity index (χ3v) is 3.91. The molecule has 0 aromatic heterocycles. The molecule has 2 unspecified atom stereocenters. The zero-order valence-electron chi connectivity index (χ0n) is 13.0. The number of amides is 1. The number of rotatable bonds is 6. The summed E-state index contributed by atoms with van der Waals surface area (Å²) in [5.74, 6) is 0.0585. The third-order valence-electron chi connectivity index (χ3n) is 3.91. The largest absolute Gasteiger partial charge is 0.381 e. The molecule has 116 valence electrons. The SMILES string of the molecule is CCCNC(C)c1ccc(NC(=O)C2CCCOC2)cc1. The highest BCUT2D eigenvalue weighted by molar-refractivity contribution is 5.92. The molecular weight excluding hydrogens is 264 g/mol. The lowest BCUT2D eigenvalue weighted by Gasteiger charge is -2.21. The van der Waals surface area contributed by atoms with Crippen LogP contribution in [0, 0.1) is 5.92 Å². The molecule has 0 radical (unpaired) electrons. The number of carbonyl (C=O) groups excluding carboxylic acids is 1. The van der Waals surface area contributed by atoms with Crippen LogP contribution in [0.2, 0.25) is 0 Å². The fourth-order valence-electron chi connectivity index (χ4n) is 2.53. The Bertz CT molecular complexity index is 439. The molecule has 0 bridgehead atoms. The van der Waals surface area contributed by atoms with Crippen molar-refractivity contribution in [3.63, 3.8) is 0 Å². The van der Waals surface area contributed by atoms with Gasteiger partial charge in [-0.1, -0.05) is 19.1 Å². The molecule has 1 saturated heterocycles. The first kappa shape index (κ1) is 16.0. The van der Waals surface area contributed by atoms with Crippen LogP contribution in [-0.2, 0) is 9.53 Å². The molecule has 0 spiro atoms. The van der Waals surface area contributed by atoms with Crippen LogP contribution in [0.25, 0.3) is 0 Å². The molecule has 1 heterocycles. The number of hydrogen-bond acceptors (Lipinski definition) is 3. The van der Waals surface area contributed by atoms with E-state index in [1.807, 2.05) is 12.1 Å². The van der Waals surface area contributed by atoms with Gasteiger partial charge in [-0.15, -0.1) is 0 Å². The minimum absolute atomic E-state index is 0.0106. The molecule has 2 rings (SSSR count). The average molecular weight is 290 g/mol. The molecule has 1 fully saturated rings. The zero-order valence-corrected chi connectivity index (χ0v) is 13.0. The maximum atomic E-state index is 12.1. The predicted octanol–water partition coefficient (Wildman–Crippen LogP) is 3.11. The summed E-state index contributed by atoms with van der Waals surface area (Å²) in [6, 6.07) is 8.42. The Labute approximate surface area is 127 Å². The van der Waals surface area contributed by atoms with Crippen molar-refractivity contribution in [2.75, 3.05) is 25.1 Å².